The van der Waals surface area contributed by atoms with Crippen LogP contribution in [0.25, 0.3) is 0 Å². The summed E-state index contributed by atoms with van der Waals surface area (Å²) in [6.07, 6.45) is 3.75. The van der Waals surface area contributed by atoms with Crippen LogP contribution in [0.4, 0.5) is 0 Å². The van der Waals surface area contributed by atoms with Gasteiger partial charge in [-0.3, -0.25) is 9.59 Å². The van der Waals surface area contributed by atoms with E-state index in [1.807, 2.05) is 25.1 Å². The van der Waals surface area contributed by atoms with Crippen LogP contribution in [0.2, 0.25) is 0 Å². The van der Waals surface area contributed by atoms with Crippen molar-refractivity contribution in [2.75, 3.05) is 13.2 Å². The van der Waals surface area contributed by atoms with Gasteiger partial charge in [-0.05, 0) is 62.3 Å². The minimum absolute atomic E-state index is 0.101. The van der Waals surface area contributed by atoms with Crippen molar-refractivity contribution in [1.29, 1.82) is 0 Å². The second-order valence-corrected chi connectivity index (χ2v) is 10.3. The van der Waals surface area contributed by atoms with Gasteiger partial charge in [-0.25, -0.2) is 8.42 Å². The molecule has 1 amide bonds. The van der Waals surface area contributed by atoms with E-state index in [0.717, 1.165) is 30.4 Å². The summed E-state index contributed by atoms with van der Waals surface area (Å²) in [7, 11) is -3.81. The Hall–Kier alpha value is -2.71. The minimum Gasteiger partial charge on any atom is -0.454 e. The largest absolute Gasteiger partial charge is 0.454 e. The number of hydrogen-bond donors (Lipinski definition) is 1. The van der Waals surface area contributed by atoms with Crippen LogP contribution in [-0.2, 0) is 30.8 Å². The first-order chi connectivity index (χ1) is 15.4. The van der Waals surface area contributed by atoms with E-state index in [4.69, 9.17) is 4.74 Å². The molecule has 1 aliphatic carbocycles. The zero-order valence-electron chi connectivity index (χ0n) is 18.1. The zero-order valence-corrected chi connectivity index (χ0v) is 18.9. The van der Waals surface area contributed by atoms with Crippen LogP contribution >= 0.6 is 0 Å². The first-order valence-electron chi connectivity index (χ1n) is 11.0. The zero-order chi connectivity index (χ0) is 22.7. The molecule has 2 aromatic rings. The Morgan fingerprint density at radius 3 is 2.59 bits per heavy atom. The number of fused-ring (bicyclic) bond motifs is 1. The van der Waals surface area contributed by atoms with Crippen molar-refractivity contribution < 1.29 is 22.7 Å². The Bertz CT molecular complexity index is 1100. The number of aryl methyl sites for hydroxylation is 2. The Morgan fingerprint density at radius 2 is 1.81 bits per heavy atom. The van der Waals surface area contributed by atoms with Crippen LogP contribution < -0.4 is 5.32 Å². The van der Waals surface area contributed by atoms with E-state index < -0.39 is 28.6 Å². The molecule has 1 N–H and O–H groups in total. The number of nitrogens with zero attached hydrogens (tertiary/aromatic N) is 1. The van der Waals surface area contributed by atoms with Crippen LogP contribution in [0.15, 0.2) is 53.4 Å². The number of benzene rings is 2. The van der Waals surface area contributed by atoms with Crippen molar-refractivity contribution in [2.45, 2.75) is 56.0 Å². The van der Waals surface area contributed by atoms with E-state index in [0.29, 0.717) is 12.8 Å². The van der Waals surface area contributed by atoms with Crippen molar-refractivity contribution in [3.63, 3.8) is 0 Å². The molecule has 2 aromatic carbocycles. The average Bonchev–Trinajstić information content (AvgIpc) is 3.29. The van der Waals surface area contributed by atoms with E-state index in [1.54, 1.807) is 24.3 Å². The lowest BCUT2D eigenvalue weighted by atomic mass is 9.88. The van der Waals surface area contributed by atoms with E-state index in [1.165, 1.54) is 9.87 Å². The maximum atomic E-state index is 13.0. The van der Waals surface area contributed by atoms with Gasteiger partial charge in [0, 0.05) is 6.54 Å². The number of hydrogen-bond acceptors (Lipinski definition) is 5. The molecule has 1 unspecified atom stereocenters. The molecule has 0 radical (unpaired) electrons. The van der Waals surface area contributed by atoms with E-state index in [2.05, 4.69) is 11.4 Å². The van der Waals surface area contributed by atoms with Gasteiger partial charge < -0.3 is 10.1 Å². The quantitative estimate of drug-likeness (QED) is 0.675. The molecule has 32 heavy (non-hydrogen) atoms. The number of nitrogens with one attached hydrogen (secondary N) is 1. The Balaban J connectivity index is 1.36. The molecule has 0 aromatic heterocycles. The fourth-order valence-corrected chi connectivity index (χ4v) is 6.13. The normalized spacial score (nSPS) is 21.0. The van der Waals surface area contributed by atoms with Gasteiger partial charge in [0.2, 0.25) is 10.0 Å². The lowest BCUT2D eigenvalue weighted by molar-refractivity contribution is -0.151. The molecule has 1 fully saturated rings. The van der Waals surface area contributed by atoms with Crippen molar-refractivity contribution in [3.8, 4) is 0 Å². The van der Waals surface area contributed by atoms with Crippen LogP contribution in [0.5, 0.6) is 0 Å². The molecule has 0 saturated carbocycles. The van der Waals surface area contributed by atoms with Gasteiger partial charge >= 0.3 is 5.97 Å². The summed E-state index contributed by atoms with van der Waals surface area (Å²) in [5.74, 6) is -1.07. The number of carbonyl (C=O) groups is 2. The van der Waals surface area contributed by atoms with Gasteiger partial charge in [-0.2, -0.15) is 4.31 Å². The van der Waals surface area contributed by atoms with Crippen molar-refractivity contribution >= 4 is 21.9 Å². The molecule has 2 atom stereocenters. The SMILES string of the molecule is Cc1ccc(S(=O)(=O)N2CCC[C@@H]2C(=O)OCC(=O)NC2CCCc3ccccc32)cc1. The summed E-state index contributed by atoms with van der Waals surface area (Å²) in [6.45, 7) is 1.71. The topological polar surface area (TPSA) is 92.8 Å². The van der Waals surface area contributed by atoms with Crippen molar-refractivity contribution in [1.82, 2.24) is 9.62 Å². The van der Waals surface area contributed by atoms with Gasteiger partial charge in [0.1, 0.15) is 6.04 Å². The van der Waals surface area contributed by atoms with Gasteiger partial charge in [-0.1, -0.05) is 42.0 Å². The highest BCUT2D eigenvalue weighted by molar-refractivity contribution is 7.89. The molecule has 8 heteroatoms. The molecule has 2 aliphatic rings. The predicted octanol–water partition coefficient (Wildman–Crippen LogP) is 2.89. The highest BCUT2D eigenvalue weighted by Crippen LogP contribution is 2.30. The van der Waals surface area contributed by atoms with E-state index in [9.17, 15) is 18.0 Å². The highest BCUT2D eigenvalue weighted by Gasteiger charge is 2.40. The predicted molar refractivity (Wildman–Crippen MR) is 119 cm³/mol. The molecular weight excluding hydrogens is 428 g/mol. The van der Waals surface area contributed by atoms with Crippen LogP contribution in [0, 0.1) is 6.92 Å². The Kier molecular flexibility index (Phi) is 6.62. The molecule has 170 valence electrons. The van der Waals surface area contributed by atoms with Gasteiger partial charge in [0.25, 0.3) is 5.91 Å². The third kappa shape index (κ3) is 4.71. The average molecular weight is 457 g/mol. The Labute approximate surface area is 188 Å². The summed E-state index contributed by atoms with van der Waals surface area (Å²) in [5, 5.41) is 2.95. The van der Waals surface area contributed by atoms with Crippen molar-refractivity contribution in [2.24, 2.45) is 0 Å². The number of esters is 1. The summed E-state index contributed by atoms with van der Waals surface area (Å²) in [6, 6.07) is 13.5. The van der Waals surface area contributed by atoms with Gasteiger partial charge in [0.05, 0.1) is 10.9 Å². The molecule has 4 rings (SSSR count). The Morgan fingerprint density at radius 1 is 1.06 bits per heavy atom. The van der Waals surface area contributed by atoms with Crippen LogP contribution in [-0.4, -0.2) is 43.8 Å². The lowest BCUT2D eigenvalue weighted by Gasteiger charge is -2.26. The first-order valence-corrected chi connectivity index (χ1v) is 12.4. The smallest absolute Gasteiger partial charge is 0.324 e. The lowest BCUT2D eigenvalue weighted by Crippen LogP contribution is -2.42. The van der Waals surface area contributed by atoms with Crippen molar-refractivity contribution in [3.05, 3.63) is 65.2 Å². The van der Waals surface area contributed by atoms with E-state index in [-0.39, 0.29) is 23.4 Å². The molecular formula is C24H28N2O5S. The fourth-order valence-electron chi connectivity index (χ4n) is 4.48. The summed E-state index contributed by atoms with van der Waals surface area (Å²) < 4.78 is 32.5. The number of rotatable bonds is 6. The van der Waals surface area contributed by atoms with Gasteiger partial charge in [-0.15, -0.1) is 0 Å². The van der Waals surface area contributed by atoms with Crippen LogP contribution in [0.1, 0.15) is 48.4 Å². The summed E-state index contributed by atoms with van der Waals surface area (Å²) in [4.78, 5) is 25.3. The standard InChI is InChI=1S/C24H28N2O5S/c1-17-11-13-19(14-12-17)32(29,30)26-15-5-10-22(26)24(28)31-16-23(27)25-21-9-4-7-18-6-2-3-8-20(18)21/h2-3,6,8,11-14,21-22H,4-5,7,9-10,15-16H2,1H3,(H,25,27)/t21?,22-/m1/s1. The number of ether oxygens (including phenoxy) is 1. The minimum atomic E-state index is -3.81. The molecule has 1 saturated heterocycles. The summed E-state index contributed by atoms with van der Waals surface area (Å²) >= 11 is 0. The fraction of sp³-hybridized carbons (Fsp3) is 0.417. The molecule has 0 bridgehead atoms. The third-order valence-electron chi connectivity index (χ3n) is 6.15. The monoisotopic (exact) mass is 456 g/mol. The third-order valence-corrected chi connectivity index (χ3v) is 8.08. The maximum Gasteiger partial charge on any atom is 0.324 e. The number of sulfonamides is 1. The number of amides is 1. The van der Waals surface area contributed by atoms with Gasteiger partial charge in [0.15, 0.2) is 6.61 Å². The van der Waals surface area contributed by atoms with E-state index >= 15 is 0 Å². The second kappa shape index (κ2) is 9.42. The highest BCUT2D eigenvalue weighted by atomic mass is 32.2. The molecule has 1 heterocycles. The first kappa shape index (κ1) is 22.5. The molecule has 1 aliphatic heterocycles. The molecule has 7 nitrogen and oxygen atoms in total. The summed E-state index contributed by atoms with van der Waals surface area (Å²) in [5.41, 5.74) is 3.28. The second-order valence-electron chi connectivity index (χ2n) is 8.41. The van der Waals surface area contributed by atoms with Crippen LogP contribution in [0.3, 0.4) is 0 Å². The number of carbonyl (C=O) groups excluding carboxylic acids is 2. The maximum absolute atomic E-state index is 13.0. The molecule has 0 spiro atoms.